The molecule has 0 saturated heterocycles. The minimum Gasteiger partial charge on any atom is -0.480 e. The molecule has 104 valence electrons. The number of rotatable bonds is 4. The Labute approximate surface area is 124 Å². The van der Waals surface area contributed by atoms with Crippen molar-refractivity contribution in [1.29, 1.82) is 0 Å². The van der Waals surface area contributed by atoms with Gasteiger partial charge in [-0.15, -0.1) is 0 Å². The lowest BCUT2D eigenvalue weighted by atomic mass is 10.2. The average molecular weight is 338 g/mol. The zero-order valence-corrected chi connectivity index (χ0v) is 12.3. The first-order chi connectivity index (χ1) is 9.76. The van der Waals surface area contributed by atoms with E-state index in [1.807, 2.05) is 18.2 Å². The molecule has 2 aromatic rings. The van der Waals surface area contributed by atoms with Gasteiger partial charge >= 0.3 is 0 Å². The second-order valence-electron chi connectivity index (χ2n) is 4.09. The van der Waals surface area contributed by atoms with Crippen LogP contribution in [0.25, 0.3) is 0 Å². The number of anilines is 1. The van der Waals surface area contributed by atoms with Gasteiger partial charge in [0.25, 0.3) is 0 Å². The van der Waals surface area contributed by atoms with E-state index in [0.29, 0.717) is 22.8 Å². The van der Waals surface area contributed by atoms with Gasteiger partial charge in [0, 0.05) is 6.54 Å². The summed E-state index contributed by atoms with van der Waals surface area (Å²) in [5, 5.41) is 3.13. The highest BCUT2D eigenvalue weighted by molar-refractivity contribution is 9.10. The zero-order valence-electron chi connectivity index (χ0n) is 10.7. The van der Waals surface area contributed by atoms with Gasteiger partial charge in [0.1, 0.15) is 0 Å². The molecule has 1 aromatic carbocycles. The molecule has 0 unspecified atom stereocenters. The van der Waals surface area contributed by atoms with Crippen LogP contribution < -0.4 is 19.5 Å². The quantitative estimate of drug-likeness (QED) is 0.924. The molecule has 0 radical (unpaired) electrons. The van der Waals surface area contributed by atoms with Crippen molar-refractivity contribution >= 4 is 21.9 Å². The summed E-state index contributed by atoms with van der Waals surface area (Å²) < 4.78 is 16.4. The molecule has 0 bridgehead atoms. The van der Waals surface area contributed by atoms with E-state index in [-0.39, 0.29) is 6.79 Å². The summed E-state index contributed by atoms with van der Waals surface area (Å²) in [6, 6.07) is 5.80. The Balaban J connectivity index is 1.70. The number of hydrogen-bond acceptors (Lipinski definition) is 6. The minimum atomic E-state index is 0.277. The number of nitrogens with zero attached hydrogens (tertiary/aromatic N) is 2. The van der Waals surface area contributed by atoms with E-state index in [0.717, 1.165) is 17.1 Å². The van der Waals surface area contributed by atoms with Crippen LogP contribution >= 0.6 is 15.9 Å². The lowest BCUT2D eigenvalue weighted by molar-refractivity contribution is 0.174. The molecule has 1 N–H and O–H groups in total. The summed E-state index contributed by atoms with van der Waals surface area (Å²) in [5.41, 5.74) is 1.06. The molecule has 20 heavy (non-hydrogen) atoms. The fraction of sp³-hybridized carbons (Fsp3) is 0.231. The Morgan fingerprint density at radius 2 is 2.20 bits per heavy atom. The Morgan fingerprint density at radius 1 is 1.35 bits per heavy atom. The second kappa shape index (κ2) is 5.54. The largest absolute Gasteiger partial charge is 0.480 e. The van der Waals surface area contributed by atoms with Gasteiger partial charge in [0.05, 0.1) is 17.8 Å². The predicted molar refractivity (Wildman–Crippen MR) is 76.2 cm³/mol. The highest BCUT2D eigenvalue weighted by Gasteiger charge is 2.13. The summed E-state index contributed by atoms with van der Waals surface area (Å²) in [6.07, 6.45) is 1.65. The van der Waals surface area contributed by atoms with Crippen molar-refractivity contribution in [2.75, 3.05) is 19.2 Å². The summed E-state index contributed by atoms with van der Waals surface area (Å²) in [4.78, 5) is 8.40. The van der Waals surface area contributed by atoms with Crippen LogP contribution in [0.5, 0.6) is 17.4 Å². The number of ether oxygens (including phenoxy) is 3. The molecule has 0 spiro atoms. The molecule has 3 rings (SSSR count). The van der Waals surface area contributed by atoms with E-state index in [2.05, 4.69) is 31.2 Å². The van der Waals surface area contributed by atoms with E-state index in [4.69, 9.17) is 14.2 Å². The van der Waals surface area contributed by atoms with Gasteiger partial charge in [-0.25, -0.2) is 4.98 Å². The lowest BCUT2D eigenvalue weighted by Gasteiger charge is -2.07. The molecule has 2 heterocycles. The van der Waals surface area contributed by atoms with E-state index in [9.17, 15) is 0 Å². The van der Waals surface area contributed by atoms with E-state index in [1.165, 1.54) is 0 Å². The van der Waals surface area contributed by atoms with Crippen molar-refractivity contribution in [3.63, 3.8) is 0 Å². The standard InChI is InChI=1S/C13H12BrN3O3/c1-18-12-9(14)6-16-13(17-12)15-5-8-2-3-10-11(4-8)20-7-19-10/h2-4,6H,5,7H2,1H3,(H,15,16,17). The topological polar surface area (TPSA) is 65.5 Å². The number of halogens is 1. The Kier molecular flexibility index (Phi) is 3.60. The maximum atomic E-state index is 5.34. The van der Waals surface area contributed by atoms with Crippen molar-refractivity contribution in [1.82, 2.24) is 9.97 Å². The van der Waals surface area contributed by atoms with Crippen LogP contribution in [0, 0.1) is 0 Å². The Hall–Kier alpha value is -2.02. The van der Waals surface area contributed by atoms with Gasteiger partial charge in [-0.3, -0.25) is 0 Å². The molecule has 1 aliphatic rings. The van der Waals surface area contributed by atoms with Crippen molar-refractivity contribution in [3.8, 4) is 17.4 Å². The van der Waals surface area contributed by atoms with Crippen LogP contribution in [0.3, 0.4) is 0 Å². The molecule has 7 heteroatoms. The molecule has 1 aliphatic heterocycles. The first-order valence-corrected chi connectivity index (χ1v) is 6.74. The van der Waals surface area contributed by atoms with Crippen molar-refractivity contribution in [3.05, 3.63) is 34.4 Å². The van der Waals surface area contributed by atoms with Crippen molar-refractivity contribution < 1.29 is 14.2 Å². The third kappa shape index (κ3) is 2.62. The van der Waals surface area contributed by atoms with E-state index < -0.39 is 0 Å². The molecule has 0 atom stereocenters. The third-order valence-electron chi connectivity index (χ3n) is 2.79. The van der Waals surface area contributed by atoms with Crippen LogP contribution in [0.4, 0.5) is 5.95 Å². The van der Waals surface area contributed by atoms with Gasteiger partial charge in [-0.05, 0) is 33.6 Å². The third-order valence-corrected chi connectivity index (χ3v) is 3.34. The molecule has 1 aromatic heterocycles. The predicted octanol–water partition coefficient (Wildman–Crippen LogP) is 2.59. The van der Waals surface area contributed by atoms with E-state index in [1.54, 1.807) is 13.3 Å². The van der Waals surface area contributed by atoms with Crippen molar-refractivity contribution in [2.24, 2.45) is 0 Å². The Bertz CT molecular complexity index is 625. The SMILES string of the molecule is COc1nc(NCc2ccc3c(c2)OCO3)ncc1Br. The summed E-state index contributed by atoms with van der Waals surface area (Å²) in [7, 11) is 1.56. The van der Waals surface area contributed by atoms with Gasteiger partial charge in [0.15, 0.2) is 11.5 Å². The normalized spacial score (nSPS) is 12.3. The monoisotopic (exact) mass is 337 g/mol. The van der Waals surface area contributed by atoms with Crippen molar-refractivity contribution in [2.45, 2.75) is 6.54 Å². The van der Waals surface area contributed by atoms with Crippen LogP contribution in [0.2, 0.25) is 0 Å². The maximum absolute atomic E-state index is 5.34. The second-order valence-corrected chi connectivity index (χ2v) is 4.95. The molecule has 0 saturated carbocycles. The van der Waals surface area contributed by atoms with Crippen LogP contribution in [0.15, 0.2) is 28.9 Å². The maximum Gasteiger partial charge on any atom is 0.232 e. The Morgan fingerprint density at radius 3 is 3.05 bits per heavy atom. The molecule has 0 aliphatic carbocycles. The summed E-state index contributed by atoms with van der Waals surface area (Å²) in [6.45, 7) is 0.862. The van der Waals surface area contributed by atoms with Crippen LogP contribution in [0.1, 0.15) is 5.56 Å². The molecule has 0 amide bonds. The minimum absolute atomic E-state index is 0.277. The van der Waals surface area contributed by atoms with E-state index >= 15 is 0 Å². The fourth-order valence-electron chi connectivity index (χ4n) is 1.81. The lowest BCUT2D eigenvalue weighted by Crippen LogP contribution is -2.04. The number of benzene rings is 1. The van der Waals surface area contributed by atoms with Crippen LogP contribution in [-0.4, -0.2) is 23.9 Å². The summed E-state index contributed by atoms with van der Waals surface area (Å²) in [5.74, 6) is 2.53. The molecule has 0 fully saturated rings. The average Bonchev–Trinajstić information content (AvgIpc) is 2.94. The fourth-order valence-corrected chi connectivity index (χ4v) is 2.16. The number of methoxy groups -OCH3 is 1. The molecule has 6 nitrogen and oxygen atoms in total. The van der Waals surface area contributed by atoms with Crippen LogP contribution in [-0.2, 0) is 6.54 Å². The molecular weight excluding hydrogens is 326 g/mol. The number of hydrogen-bond donors (Lipinski definition) is 1. The van der Waals surface area contributed by atoms with Gasteiger partial charge in [-0.2, -0.15) is 4.98 Å². The number of nitrogens with one attached hydrogen (secondary N) is 1. The smallest absolute Gasteiger partial charge is 0.232 e. The number of fused-ring (bicyclic) bond motifs is 1. The first-order valence-electron chi connectivity index (χ1n) is 5.95. The van der Waals surface area contributed by atoms with Gasteiger partial charge in [-0.1, -0.05) is 6.07 Å². The number of aromatic nitrogens is 2. The van der Waals surface area contributed by atoms with Gasteiger partial charge < -0.3 is 19.5 Å². The zero-order chi connectivity index (χ0) is 13.9. The summed E-state index contributed by atoms with van der Waals surface area (Å²) >= 11 is 3.31. The highest BCUT2D eigenvalue weighted by Crippen LogP contribution is 2.32. The van der Waals surface area contributed by atoms with Gasteiger partial charge in [0.2, 0.25) is 18.6 Å². The first kappa shape index (κ1) is 13.0. The molecular formula is C13H12BrN3O3. The highest BCUT2D eigenvalue weighted by atomic mass is 79.9.